The molecular weight excluding hydrogens is 250 g/mol. The highest BCUT2D eigenvalue weighted by atomic mass is 32.2. The summed E-state index contributed by atoms with van der Waals surface area (Å²) in [6.07, 6.45) is 0. The van der Waals surface area contributed by atoms with E-state index in [2.05, 4.69) is 5.32 Å². The van der Waals surface area contributed by atoms with E-state index in [1.807, 2.05) is 19.2 Å². The van der Waals surface area contributed by atoms with Crippen molar-refractivity contribution in [1.82, 2.24) is 5.32 Å². The highest BCUT2D eigenvalue weighted by Crippen LogP contribution is 2.19. The van der Waals surface area contributed by atoms with Crippen LogP contribution in [0.15, 0.2) is 29.2 Å². The molecular formula is C13H21NO3S. The maximum Gasteiger partial charge on any atom is 0.180 e. The monoisotopic (exact) mass is 271 g/mol. The van der Waals surface area contributed by atoms with E-state index in [1.165, 1.54) is 0 Å². The third kappa shape index (κ3) is 3.31. The Bertz CT molecular complexity index is 466. The van der Waals surface area contributed by atoms with E-state index in [9.17, 15) is 8.42 Å². The SMILES string of the molecule is CNC(COC)c1ccc(S(=O)(=O)C(C)C)cc1. The molecule has 1 rings (SSSR count). The summed E-state index contributed by atoms with van der Waals surface area (Å²) in [5.74, 6) is 0. The molecule has 1 aromatic carbocycles. The molecule has 0 radical (unpaired) electrons. The zero-order chi connectivity index (χ0) is 13.8. The zero-order valence-corrected chi connectivity index (χ0v) is 12.1. The van der Waals surface area contributed by atoms with Gasteiger partial charge in [0, 0.05) is 7.11 Å². The lowest BCUT2D eigenvalue weighted by molar-refractivity contribution is 0.170. The summed E-state index contributed by atoms with van der Waals surface area (Å²) in [5, 5.41) is 2.73. The second-order valence-electron chi connectivity index (χ2n) is 4.46. The summed E-state index contributed by atoms with van der Waals surface area (Å²) in [4.78, 5) is 0.369. The maximum atomic E-state index is 12.0. The van der Waals surface area contributed by atoms with Gasteiger partial charge in [-0.2, -0.15) is 0 Å². The van der Waals surface area contributed by atoms with E-state index >= 15 is 0 Å². The van der Waals surface area contributed by atoms with Crippen LogP contribution >= 0.6 is 0 Å². The molecule has 0 spiro atoms. The molecule has 4 nitrogen and oxygen atoms in total. The Labute approximate surface area is 109 Å². The minimum Gasteiger partial charge on any atom is -0.383 e. The van der Waals surface area contributed by atoms with Crippen molar-refractivity contribution in [3.63, 3.8) is 0 Å². The van der Waals surface area contributed by atoms with E-state index in [4.69, 9.17) is 4.74 Å². The van der Waals surface area contributed by atoms with Gasteiger partial charge in [0.1, 0.15) is 0 Å². The first-order valence-electron chi connectivity index (χ1n) is 5.93. The minimum absolute atomic E-state index is 0.0748. The molecule has 1 N–H and O–H groups in total. The number of hydrogen-bond donors (Lipinski definition) is 1. The van der Waals surface area contributed by atoms with Gasteiger partial charge in [0.2, 0.25) is 0 Å². The van der Waals surface area contributed by atoms with Crippen LogP contribution in [-0.2, 0) is 14.6 Å². The van der Waals surface area contributed by atoms with Crippen LogP contribution in [0.5, 0.6) is 0 Å². The molecule has 0 aliphatic heterocycles. The van der Waals surface area contributed by atoms with Crippen molar-refractivity contribution in [3.8, 4) is 0 Å². The Morgan fingerprint density at radius 3 is 2.17 bits per heavy atom. The number of nitrogens with one attached hydrogen (secondary N) is 1. The first kappa shape index (κ1) is 15.1. The second-order valence-corrected chi connectivity index (χ2v) is 6.96. The maximum absolute atomic E-state index is 12.0. The number of sulfone groups is 1. The van der Waals surface area contributed by atoms with Gasteiger partial charge < -0.3 is 10.1 Å². The molecule has 0 amide bonds. The number of rotatable bonds is 6. The number of likely N-dealkylation sites (N-methyl/N-ethyl adjacent to an activating group) is 1. The molecule has 0 heterocycles. The molecule has 0 aromatic heterocycles. The van der Waals surface area contributed by atoms with Crippen LogP contribution in [0, 0.1) is 0 Å². The van der Waals surface area contributed by atoms with E-state index in [-0.39, 0.29) is 6.04 Å². The van der Waals surface area contributed by atoms with Gasteiger partial charge in [-0.15, -0.1) is 0 Å². The third-order valence-corrected chi connectivity index (χ3v) is 5.08. The fraction of sp³-hybridized carbons (Fsp3) is 0.538. The van der Waals surface area contributed by atoms with Crippen molar-refractivity contribution >= 4 is 9.84 Å². The van der Waals surface area contributed by atoms with Gasteiger partial charge in [0.05, 0.1) is 22.8 Å². The molecule has 0 aliphatic carbocycles. The Balaban J connectivity index is 2.99. The molecule has 1 aromatic rings. The highest BCUT2D eigenvalue weighted by Gasteiger charge is 2.19. The molecule has 0 saturated heterocycles. The molecule has 5 heteroatoms. The Morgan fingerprint density at radius 1 is 1.22 bits per heavy atom. The van der Waals surface area contributed by atoms with Crippen molar-refractivity contribution in [2.45, 2.75) is 30.0 Å². The zero-order valence-electron chi connectivity index (χ0n) is 11.3. The summed E-state index contributed by atoms with van der Waals surface area (Å²) in [7, 11) is 0.300. The van der Waals surface area contributed by atoms with Gasteiger partial charge >= 0.3 is 0 Å². The first-order chi connectivity index (χ1) is 8.43. The van der Waals surface area contributed by atoms with Crippen LogP contribution in [0.25, 0.3) is 0 Å². The van der Waals surface area contributed by atoms with Crippen molar-refractivity contribution in [2.75, 3.05) is 20.8 Å². The predicted octanol–water partition coefficient (Wildman–Crippen LogP) is 1.78. The van der Waals surface area contributed by atoms with Crippen molar-refractivity contribution in [2.24, 2.45) is 0 Å². The fourth-order valence-corrected chi connectivity index (χ4v) is 2.73. The summed E-state index contributed by atoms with van der Waals surface area (Å²) in [6.45, 7) is 3.92. The molecule has 0 fully saturated rings. The van der Waals surface area contributed by atoms with E-state index in [0.717, 1.165) is 5.56 Å². The standard InChI is InChI=1S/C13H21NO3S/c1-10(2)18(15,16)12-7-5-11(6-8-12)13(14-3)9-17-4/h5-8,10,13-14H,9H2,1-4H3. The highest BCUT2D eigenvalue weighted by molar-refractivity contribution is 7.92. The van der Waals surface area contributed by atoms with Crippen molar-refractivity contribution in [1.29, 1.82) is 0 Å². The van der Waals surface area contributed by atoms with Crippen LogP contribution in [0.3, 0.4) is 0 Å². The van der Waals surface area contributed by atoms with Gasteiger partial charge in [-0.25, -0.2) is 8.42 Å². The van der Waals surface area contributed by atoms with Gasteiger partial charge in [0.15, 0.2) is 9.84 Å². The van der Waals surface area contributed by atoms with Crippen LogP contribution in [0.4, 0.5) is 0 Å². The second kappa shape index (κ2) is 6.31. The number of methoxy groups -OCH3 is 1. The van der Waals surface area contributed by atoms with Gasteiger partial charge in [0.25, 0.3) is 0 Å². The summed E-state index contributed by atoms with van der Waals surface area (Å²) >= 11 is 0. The number of benzene rings is 1. The summed E-state index contributed by atoms with van der Waals surface area (Å²) in [5.41, 5.74) is 1.02. The third-order valence-electron chi connectivity index (χ3n) is 2.91. The van der Waals surface area contributed by atoms with Crippen molar-refractivity contribution < 1.29 is 13.2 Å². The average Bonchev–Trinajstić information content (AvgIpc) is 2.36. The van der Waals surface area contributed by atoms with Crippen LogP contribution in [-0.4, -0.2) is 34.4 Å². The van der Waals surface area contributed by atoms with Gasteiger partial charge in [-0.1, -0.05) is 12.1 Å². The Kier molecular flexibility index (Phi) is 5.31. The largest absolute Gasteiger partial charge is 0.383 e. The summed E-state index contributed by atoms with van der Waals surface area (Å²) < 4.78 is 29.0. The molecule has 102 valence electrons. The lowest BCUT2D eigenvalue weighted by Crippen LogP contribution is -2.21. The molecule has 0 bridgehead atoms. The average molecular weight is 271 g/mol. The number of ether oxygens (including phenoxy) is 1. The lowest BCUT2D eigenvalue weighted by atomic mass is 10.1. The Hall–Kier alpha value is -0.910. The molecule has 1 unspecified atom stereocenters. The van der Waals surface area contributed by atoms with Crippen LogP contribution in [0.1, 0.15) is 25.5 Å². The first-order valence-corrected chi connectivity index (χ1v) is 7.48. The molecule has 0 saturated carbocycles. The topological polar surface area (TPSA) is 55.4 Å². The smallest absolute Gasteiger partial charge is 0.180 e. The van der Waals surface area contributed by atoms with Gasteiger partial charge in [-0.05, 0) is 38.6 Å². The van der Waals surface area contributed by atoms with E-state index < -0.39 is 15.1 Å². The van der Waals surface area contributed by atoms with Crippen LogP contribution < -0.4 is 5.32 Å². The lowest BCUT2D eigenvalue weighted by Gasteiger charge is -2.16. The molecule has 1 atom stereocenters. The quantitative estimate of drug-likeness (QED) is 0.857. The fourth-order valence-electron chi connectivity index (χ4n) is 1.67. The van der Waals surface area contributed by atoms with Crippen LogP contribution in [0.2, 0.25) is 0 Å². The minimum atomic E-state index is -3.19. The molecule has 0 aliphatic rings. The Morgan fingerprint density at radius 2 is 1.78 bits per heavy atom. The van der Waals surface area contributed by atoms with E-state index in [0.29, 0.717) is 11.5 Å². The predicted molar refractivity (Wildman–Crippen MR) is 72.4 cm³/mol. The normalized spacial score (nSPS) is 13.8. The molecule has 18 heavy (non-hydrogen) atoms. The van der Waals surface area contributed by atoms with Gasteiger partial charge in [-0.3, -0.25) is 0 Å². The summed E-state index contributed by atoms with van der Waals surface area (Å²) in [6, 6.07) is 7.05. The number of hydrogen-bond acceptors (Lipinski definition) is 4. The van der Waals surface area contributed by atoms with Crippen molar-refractivity contribution in [3.05, 3.63) is 29.8 Å². The van der Waals surface area contributed by atoms with E-state index in [1.54, 1.807) is 33.1 Å².